The molecular formula is C27H32ClN3. The molecule has 2 aromatic carbocycles. The molecule has 1 N–H and O–H groups in total. The maximum atomic E-state index is 5.95. The fourth-order valence-electron chi connectivity index (χ4n) is 4.57. The summed E-state index contributed by atoms with van der Waals surface area (Å²) in [6.45, 7) is 6.21. The molecule has 0 radical (unpaired) electrons. The highest BCUT2D eigenvalue weighted by Crippen LogP contribution is 2.27. The number of halogens is 1. The van der Waals surface area contributed by atoms with Gasteiger partial charge < -0.3 is 14.8 Å². The Morgan fingerprint density at radius 2 is 1.87 bits per heavy atom. The van der Waals surface area contributed by atoms with Crippen molar-refractivity contribution < 1.29 is 0 Å². The van der Waals surface area contributed by atoms with Gasteiger partial charge in [0.05, 0.1) is 12.2 Å². The van der Waals surface area contributed by atoms with Crippen LogP contribution in [0.3, 0.4) is 0 Å². The van der Waals surface area contributed by atoms with Gasteiger partial charge in [-0.05, 0) is 107 Å². The highest BCUT2D eigenvalue weighted by Gasteiger charge is 2.17. The molecule has 1 aromatic heterocycles. The summed E-state index contributed by atoms with van der Waals surface area (Å²) in [5, 5.41) is 5.45. The van der Waals surface area contributed by atoms with Gasteiger partial charge in [-0.3, -0.25) is 0 Å². The Balaban J connectivity index is 1.46. The SMILES string of the molecule is CCn1c(C#CCNc2ccc(Cl)cc2)cc2c(CCC3CCN(C)CC3)cccc21. The minimum absolute atomic E-state index is 0.607. The molecule has 1 aliphatic heterocycles. The number of likely N-dealkylation sites (tertiary alicyclic amines) is 1. The molecule has 3 aromatic rings. The second-order valence-electron chi connectivity index (χ2n) is 8.57. The molecule has 0 bridgehead atoms. The van der Waals surface area contributed by atoms with Crippen LogP contribution >= 0.6 is 11.6 Å². The van der Waals surface area contributed by atoms with E-state index in [1.165, 1.54) is 48.8 Å². The predicted molar refractivity (Wildman–Crippen MR) is 133 cm³/mol. The summed E-state index contributed by atoms with van der Waals surface area (Å²) in [6, 6.07) is 16.8. The van der Waals surface area contributed by atoms with Crippen LogP contribution < -0.4 is 5.32 Å². The first-order valence-corrected chi connectivity index (χ1v) is 11.8. The van der Waals surface area contributed by atoms with Crippen LogP contribution in [0.4, 0.5) is 5.69 Å². The van der Waals surface area contributed by atoms with Crippen LogP contribution in [0.5, 0.6) is 0 Å². The first-order valence-electron chi connectivity index (χ1n) is 11.4. The number of nitrogens with zero attached hydrogens (tertiary/aromatic N) is 2. The summed E-state index contributed by atoms with van der Waals surface area (Å²) in [7, 11) is 2.23. The molecule has 0 saturated carbocycles. The summed E-state index contributed by atoms with van der Waals surface area (Å²) >= 11 is 5.95. The summed E-state index contributed by atoms with van der Waals surface area (Å²) in [6.07, 6.45) is 5.11. The Morgan fingerprint density at radius 3 is 2.61 bits per heavy atom. The van der Waals surface area contributed by atoms with Crippen molar-refractivity contribution in [3.8, 4) is 11.8 Å². The Kier molecular flexibility index (Phi) is 7.22. The van der Waals surface area contributed by atoms with Gasteiger partial charge in [-0.2, -0.15) is 0 Å². The Labute approximate surface area is 191 Å². The standard InChI is InChI=1S/C27H32ClN3/c1-3-31-25(7-5-17-29-24-13-11-23(28)12-14-24)20-26-22(6-4-8-27(26)31)10-9-21-15-18-30(2)19-16-21/h4,6,8,11-14,20-21,29H,3,9-10,15-19H2,1-2H3. The molecule has 1 saturated heterocycles. The molecule has 1 aliphatic rings. The molecular weight excluding hydrogens is 402 g/mol. The highest BCUT2D eigenvalue weighted by atomic mass is 35.5. The number of nitrogens with one attached hydrogen (secondary N) is 1. The first-order chi connectivity index (χ1) is 15.1. The molecule has 0 amide bonds. The Bertz CT molecular complexity index is 1060. The van der Waals surface area contributed by atoms with Gasteiger partial charge in [0.1, 0.15) is 0 Å². The van der Waals surface area contributed by atoms with Crippen LogP contribution in [0.2, 0.25) is 5.02 Å². The third-order valence-corrected chi connectivity index (χ3v) is 6.71. The molecule has 4 heteroatoms. The van der Waals surface area contributed by atoms with Gasteiger partial charge in [0.25, 0.3) is 0 Å². The number of aryl methyl sites for hydroxylation is 2. The third kappa shape index (κ3) is 5.45. The second-order valence-corrected chi connectivity index (χ2v) is 9.01. The van der Waals surface area contributed by atoms with Gasteiger partial charge in [-0.1, -0.05) is 29.7 Å². The number of hydrogen-bond acceptors (Lipinski definition) is 2. The molecule has 162 valence electrons. The van der Waals surface area contributed by atoms with Crippen LogP contribution in [0.15, 0.2) is 48.5 Å². The zero-order valence-electron chi connectivity index (χ0n) is 18.6. The zero-order chi connectivity index (χ0) is 21.6. The van der Waals surface area contributed by atoms with Gasteiger partial charge in [0, 0.05) is 28.2 Å². The second kappa shape index (κ2) is 10.3. The minimum Gasteiger partial charge on any atom is -0.374 e. The van der Waals surface area contributed by atoms with E-state index in [0.717, 1.165) is 35.3 Å². The van der Waals surface area contributed by atoms with Crippen LogP contribution in [0, 0.1) is 17.8 Å². The number of aromatic nitrogens is 1. The number of piperidine rings is 1. The Morgan fingerprint density at radius 1 is 1.10 bits per heavy atom. The lowest BCUT2D eigenvalue weighted by atomic mass is 9.90. The topological polar surface area (TPSA) is 20.2 Å². The molecule has 4 rings (SSSR count). The van der Waals surface area contributed by atoms with Crippen molar-refractivity contribution in [1.29, 1.82) is 0 Å². The van der Waals surface area contributed by atoms with E-state index in [1.54, 1.807) is 0 Å². The van der Waals surface area contributed by atoms with E-state index >= 15 is 0 Å². The van der Waals surface area contributed by atoms with Crippen molar-refractivity contribution in [3.63, 3.8) is 0 Å². The molecule has 0 spiro atoms. The normalized spacial score (nSPS) is 15.1. The summed E-state index contributed by atoms with van der Waals surface area (Å²) in [5.74, 6) is 7.54. The number of rotatable bonds is 6. The van der Waals surface area contributed by atoms with Crippen LogP contribution in [0.25, 0.3) is 10.9 Å². The third-order valence-electron chi connectivity index (χ3n) is 6.45. The van der Waals surface area contributed by atoms with E-state index in [9.17, 15) is 0 Å². The smallest absolute Gasteiger partial charge is 0.0931 e. The molecule has 3 nitrogen and oxygen atoms in total. The van der Waals surface area contributed by atoms with Crippen LogP contribution in [-0.4, -0.2) is 36.1 Å². The van der Waals surface area contributed by atoms with Crippen molar-refractivity contribution in [2.45, 2.75) is 39.2 Å². The van der Waals surface area contributed by atoms with Crippen LogP contribution in [-0.2, 0) is 13.0 Å². The van der Waals surface area contributed by atoms with E-state index in [2.05, 4.69) is 64.9 Å². The number of fused-ring (bicyclic) bond motifs is 1. The van der Waals surface area contributed by atoms with Crippen molar-refractivity contribution >= 4 is 28.2 Å². The summed E-state index contributed by atoms with van der Waals surface area (Å²) in [5.41, 5.74) is 4.90. The van der Waals surface area contributed by atoms with Gasteiger partial charge in [0.15, 0.2) is 0 Å². The van der Waals surface area contributed by atoms with E-state index in [0.29, 0.717) is 6.54 Å². The fourth-order valence-corrected chi connectivity index (χ4v) is 4.69. The summed E-state index contributed by atoms with van der Waals surface area (Å²) < 4.78 is 2.34. The van der Waals surface area contributed by atoms with Gasteiger partial charge in [-0.15, -0.1) is 0 Å². The number of anilines is 1. The molecule has 31 heavy (non-hydrogen) atoms. The van der Waals surface area contributed by atoms with Gasteiger partial charge >= 0.3 is 0 Å². The molecule has 1 fully saturated rings. The van der Waals surface area contributed by atoms with Gasteiger partial charge in [-0.25, -0.2) is 0 Å². The van der Waals surface area contributed by atoms with Crippen molar-refractivity contribution in [3.05, 3.63) is 64.8 Å². The average molecular weight is 434 g/mol. The quantitative estimate of drug-likeness (QED) is 0.477. The largest absolute Gasteiger partial charge is 0.374 e. The van der Waals surface area contributed by atoms with E-state index in [4.69, 9.17) is 11.6 Å². The monoisotopic (exact) mass is 433 g/mol. The highest BCUT2D eigenvalue weighted by molar-refractivity contribution is 6.30. The van der Waals surface area contributed by atoms with E-state index < -0.39 is 0 Å². The number of benzene rings is 2. The lowest BCUT2D eigenvalue weighted by Crippen LogP contribution is -2.30. The Hall–Kier alpha value is -2.41. The molecule has 0 atom stereocenters. The lowest BCUT2D eigenvalue weighted by molar-refractivity contribution is 0.212. The fraction of sp³-hybridized carbons (Fsp3) is 0.407. The minimum atomic E-state index is 0.607. The molecule has 0 aliphatic carbocycles. The van der Waals surface area contributed by atoms with Gasteiger partial charge in [0.2, 0.25) is 0 Å². The average Bonchev–Trinajstić information content (AvgIpc) is 3.15. The van der Waals surface area contributed by atoms with Crippen molar-refractivity contribution in [2.24, 2.45) is 5.92 Å². The van der Waals surface area contributed by atoms with Crippen molar-refractivity contribution in [1.82, 2.24) is 9.47 Å². The lowest BCUT2D eigenvalue weighted by Gasteiger charge is -2.28. The van der Waals surface area contributed by atoms with E-state index in [1.807, 2.05) is 24.3 Å². The molecule has 0 unspecified atom stereocenters. The molecule has 2 heterocycles. The van der Waals surface area contributed by atoms with Crippen LogP contribution in [0.1, 0.15) is 37.4 Å². The first kappa shape index (κ1) is 21.8. The maximum Gasteiger partial charge on any atom is 0.0931 e. The predicted octanol–water partition coefficient (Wildman–Crippen LogP) is 6.05. The zero-order valence-corrected chi connectivity index (χ0v) is 19.4. The van der Waals surface area contributed by atoms with Crippen molar-refractivity contribution in [2.75, 3.05) is 32.0 Å². The summed E-state index contributed by atoms with van der Waals surface area (Å²) in [4.78, 5) is 2.45. The number of hydrogen-bond donors (Lipinski definition) is 1. The van der Waals surface area contributed by atoms with E-state index in [-0.39, 0.29) is 0 Å². The maximum absolute atomic E-state index is 5.95.